The molecule has 0 amide bonds. The largest absolute Gasteiger partial charge is 0.206 e. The highest BCUT2D eigenvalue weighted by Gasteiger charge is 2.08. The van der Waals surface area contributed by atoms with E-state index in [1.807, 2.05) is 24.3 Å². The molecule has 0 aromatic heterocycles. The minimum Gasteiger partial charge on any atom is -0.206 e. The fourth-order valence-corrected chi connectivity index (χ4v) is 4.17. The summed E-state index contributed by atoms with van der Waals surface area (Å²) in [4.78, 5) is 0. The van der Waals surface area contributed by atoms with Gasteiger partial charge in [0.05, 0.1) is 0 Å². The SMILES string of the molecule is CCCCc1ccc(-c2ccc(-c3ccc(-c4ccc(CCC)cc4)cc3)c(F)c2)cc1. The summed E-state index contributed by atoms with van der Waals surface area (Å²) in [5.41, 5.74) is 8.55. The van der Waals surface area contributed by atoms with Crippen LogP contribution in [0.1, 0.15) is 44.2 Å². The van der Waals surface area contributed by atoms with Crippen LogP contribution in [-0.4, -0.2) is 0 Å². The predicted molar refractivity (Wildman–Crippen MR) is 135 cm³/mol. The molecule has 0 spiro atoms. The molecule has 1 heteroatoms. The topological polar surface area (TPSA) is 0 Å². The van der Waals surface area contributed by atoms with Crippen molar-refractivity contribution >= 4 is 0 Å². The molecule has 32 heavy (non-hydrogen) atoms. The number of hydrogen-bond donors (Lipinski definition) is 0. The maximum absolute atomic E-state index is 15.0. The summed E-state index contributed by atoms with van der Waals surface area (Å²) in [6.45, 7) is 4.40. The Hall–Kier alpha value is -3.19. The van der Waals surface area contributed by atoms with Crippen molar-refractivity contribution < 1.29 is 4.39 Å². The van der Waals surface area contributed by atoms with Crippen LogP contribution in [0.2, 0.25) is 0 Å². The summed E-state index contributed by atoms with van der Waals surface area (Å²) in [6.07, 6.45) is 5.76. The second-order valence-corrected chi connectivity index (χ2v) is 8.52. The molecule has 0 N–H and O–H groups in total. The van der Waals surface area contributed by atoms with Crippen LogP contribution >= 0.6 is 0 Å². The van der Waals surface area contributed by atoms with Gasteiger partial charge in [0.1, 0.15) is 5.82 Å². The molecular weight excluding hydrogens is 391 g/mol. The molecule has 4 aromatic rings. The van der Waals surface area contributed by atoms with Gasteiger partial charge in [0, 0.05) is 5.56 Å². The molecule has 0 nitrogen and oxygen atoms in total. The zero-order chi connectivity index (χ0) is 22.3. The van der Waals surface area contributed by atoms with Crippen LogP contribution in [0.5, 0.6) is 0 Å². The van der Waals surface area contributed by atoms with Crippen molar-refractivity contribution in [3.63, 3.8) is 0 Å². The standard InChI is InChI=1S/C31H31F/c1-3-5-7-24-10-14-27(15-11-24)29-20-21-30(31(32)22-29)28-18-16-26(17-19-28)25-12-8-23(6-4-2)9-13-25/h8-22H,3-7H2,1-2H3. The molecule has 0 radical (unpaired) electrons. The summed E-state index contributed by atoms with van der Waals surface area (Å²) in [6, 6.07) is 31.0. The van der Waals surface area contributed by atoms with E-state index in [2.05, 4.69) is 74.5 Å². The average molecular weight is 423 g/mol. The van der Waals surface area contributed by atoms with Crippen LogP contribution in [0.15, 0.2) is 91.0 Å². The maximum Gasteiger partial charge on any atom is 0.131 e. The van der Waals surface area contributed by atoms with E-state index in [1.54, 1.807) is 6.07 Å². The third-order valence-electron chi connectivity index (χ3n) is 6.10. The Morgan fingerprint density at radius 3 is 1.50 bits per heavy atom. The minimum atomic E-state index is -0.186. The van der Waals surface area contributed by atoms with Crippen molar-refractivity contribution in [1.82, 2.24) is 0 Å². The van der Waals surface area contributed by atoms with E-state index in [-0.39, 0.29) is 5.82 Å². The van der Waals surface area contributed by atoms with Gasteiger partial charge in [-0.25, -0.2) is 4.39 Å². The zero-order valence-electron chi connectivity index (χ0n) is 19.1. The molecule has 0 aliphatic rings. The molecule has 0 atom stereocenters. The molecular formula is C31H31F. The van der Waals surface area contributed by atoms with E-state index in [4.69, 9.17) is 0 Å². The van der Waals surface area contributed by atoms with Crippen LogP contribution in [0.3, 0.4) is 0 Å². The number of unbranched alkanes of at least 4 members (excludes halogenated alkanes) is 1. The maximum atomic E-state index is 15.0. The first kappa shape index (κ1) is 22.0. The van der Waals surface area contributed by atoms with E-state index in [0.717, 1.165) is 41.5 Å². The fraction of sp³-hybridized carbons (Fsp3) is 0.226. The Balaban J connectivity index is 1.51. The molecule has 0 aliphatic heterocycles. The van der Waals surface area contributed by atoms with Gasteiger partial charge in [-0.05, 0) is 64.3 Å². The minimum absolute atomic E-state index is 0.186. The van der Waals surface area contributed by atoms with Crippen molar-refractivity contribution in [2.45, 2.75) is 46.0 Å². The molecule has 0 heterocycles. The Bertz CT molecular complexity index is 1140. The Kier molecular flexibility index (Phi) is 7.17. The number of halogens is 1. The van der Waals surface area contributed by atoms with E-state index in [0.29, 0.717) is 5.56 Å². The summed E-state index contributed by atoms with van der Waals surface area (Å²) in [7, 11) is 0. The van der Waals surface area contributed by atoms with Gasteiger partial charge >= 0.3 is 0 Å². The highest BCUT2D eigenvalue weighted by molar-refractivity contribution is 5.74. The van der Waals surface area contributed by atoms with E-state index in [1.165, 1.54) is 29.5 Å². The number of hydrogen-bond acceptors (Lipinski definition) is 0. The fourth-order valence-electron chi connectivity index (χ4n) is 4.17. The molecule has 0 aliphatic carbocycles. The van der Waals surface area contributed by atoms with Crippen molar-refractivity contribution in [1.29, 1.82) is 0 Å². The second kappa shape index (κ2) is 10.4. The normalized spacial score (nSPS) is 11.0. The predicted octanol–water partition coefficient (Wildman–Crippen LogP) is 9.12. The lowest BCUT2D eigenvalue weighted by molar-refractivity contribution is 0.632. The lowest BCUT2D eigenvalue weighted by atomic mass is 9.96. The number of benzene rings is 4. The smallest absolute Gasteiger partial charge is 0.131 e. The summed E-state index contributed by atoms with van der Waals surface area (Å²) < 4.78 is 15.0. The van der Waals surface area contributed by atoms with Crippen LogP contribution < -0.4 is 0 Å². The highest BCUT2D eigenvalue weighted by Crippen LogP contribution is 2.30. The lowest BCUT2D eigenvalue weighted by Crippen LogP contribution is -1.89. The van der Waals surface area contributed by atoms with Gasteiger partial charge in [0.15, 0.2) is 0 Å². The van der Waals surface area contributed by atoms with Crippen molar-refractivity contribution in [2.24, 2.45) is 0 Å². The second-order valence-electron chi connectivity index (χ2n) is 8.52. The lowest BCUT2D eigenvalue weighted by Gasteiger charge is -2.09. The molecule has 0 saturated carbocycles. The van der Waals surface area contributed by atoms with Crippen LogP contribution in [0, 0.1) is 5.82 Å². The number of rotatable bonds is 8. The Morgan fingerprint density at radius 1 is 0.500 bits per heavy atom. The van der Waals surface area contributed by atoms with Crippen LogP contribution in [0.25, 0.3) is 33.4 Å². The van der Waals surface area contributed by atoms with Crippen molar-refractivity contribution in [2.75, 3.05) is 0 Å². The molecule has 4 rings (SSSR count). The van der Waals surface area contributed by atoms with Crippen molar-refractivity contribution in [3.05, 3.63) is 108 Å². The van der Waals surface area contributed by atoms with Gasteiger partial charge in [0.2, 0.25) is 0 Å². The first-order valence-electron chi connectivity index (χ1n) is 11.8. The summed E-state index contributed by atoms with van der Waals surface area (Å²) in [5.74, 6) is -0.186. The molecule has 0 bridgehead atoms. The summed E-state index contributed by atoms with van der Waals surface area (Å²) in [5, 5.41) is 0. The third-order valence-corrected chi connectivity index (χ3v) is 6.10. The first-order chi connectivity index (χ1) is 15.7. The third kappa shape index (κ3) is 5.16. The van der Waals surface area contributed by atoms with Gasteiger partial charge in [0.25, 0.3) is 0 Å². The molecule has 162 valence electrons. The molecule has 4 aromatic carbocycles. The van der Waals surface area contributed by atoms with E-state index < -0.39 is 0 Å². The average Bonchev–Trinajstić information content (AvgIpc) is 2.84. The van der Waals surface area contributed by atoms with Gasteiger partial charge in [-0.15, -0.1) is 0 Å². The van der Waals surface area contributed by atoms with Crippen LogP contribution in [-0.2, 0) is 12.8 Å². The quantitative estimate of drug-likeness (QED) is 0.265. The molecule has 0 unspecified atom stereocenters. The van der Waals surface area contributed by atoms with Gasteiger partial charge in [-0.3, -0.25) is 0 Å². The van der Waals surface area contributed by atoms with Gasteiger partial charge in [-0.2, -0.15) is 0 Å². The summed E-state index contributed by atoms with van der Waals surface area (Å²) >= 11 is 0. The monoisotopic (exact) mass is 422 g/mol. The molecule has 0 fully saturated rings. The highest BCUT2D eigenvalue weighted by atomic mass is 19.1. The Labute approximate surface area is 191 Å². The zero-order valence-corrected chi connectivity index (χ0v) is 19.1. The van der Waals surface area contributed by atoms with E-state index in [9.17, 15) is 0 Å². The number of aryl methyl sites for hydroxylation is 2. The van der Waals surface area contributed by atoms with Gasteiger partial charge in [-0.1, -0.05) is 112 Å². The molecule has 0 saturated heterocycles. The van der Waals surface area contributed by atoms with Gasteiger partial charge < -0.3 is 0 Å². The van der Waals surface area contributed by atoms with Crippen molar-refractivity contribution in [3.8, 4) is 33.4 Å². The Morgan fingerprint density at radius 2 is 0.969 bits per heavy atom. The van der Waals surface area contributed by atoms with Crippen LogP contribution in [0.4, 0.5) is 4.39 Å². The van der Waals surface area contributed by atoms with E-state index >= 15 is 4.39 Å². The first-order valence-corrected chi connectivity index (χ1v) is 11.8.